The van der Waals surface area contributed by atoms with Crippen LogP contribution in [0.4, 0.5) is 0 Å². The van der Waals surface area contributed by atoms with Gasteiger partial charge in [-0.05, 0) is 56.5 Å². The highest BCUT2D eigenvalue weighted by atomic mass is 16.5. The molecule has 0 unspecified atom stereocenters. The maximum absolute atomic E-state index is 10.3. The van der Waals surface area contributed by atoms with Crippen molar-refractivity contribution in [1.29, 1.82) is 0 Å². The summed E-state index contributed by atoms with van der Waals surface area (Å²) >= 11 is 0. The molecular formula is C18H22N4O2. The van der Waals surface area contributed by atoms with E-state index in [0.717, 1.165) is 22.3 Å². The van der Waals surface area contributed by atoms with Gasteiger partial charge in [0, 0.05) is 6.07 Å². The van der Waals surface area contributed by atoms with Crippen molar-refractivity contribution < 1.29 is 9.84 Å². The Balaban J connectivity index is 1.67. The van der Waals surface area contributed by atoms with Crippen LogP contribution in [0.15, 0.2) is 24.5 Å². The number of aliphatic hydroxyl groups is 1. The van der Waals surface area contributed by atoms with Gasteiger partial charge in [0.05, 0.1) is 29.6 Å². The number of rotatable bonds is 5. The zero-order valence-electron chi connectivity index (χ0n) is 14.4. The lowest BCUT2D eigenvalue weighted by Crippen LogP contribution is -2.23. The van der Waals surface area contributed by atoms with Crippen molar-refractivity contribution in [1.82, 2.24) is 19.7 Å². The second kappa shape index (κ2) is 6.57. The maximum Gasteiger partial charge on any atom is 0.233 e. The predicted octanol–water partition coefficient (Wildman–Crippen LogP) is 2.50. The molecule has 3 rings (SSSR count). The van der Waals surface area contributed by atoms with Crippen molar-refractivity contribution in [3.63, 3.8) is 0 Å². The Morgan fingerprint density at radius 3 is 2.54 bits per heavy atom. The Labute approximate surface area is 141 Å². The summed E-state index contributed by atoms with van der Waals surface area (Å²) in [5.74, 6) is 0.430. The van der Waals surface area contributed by atoms with Crippen molar-refractivity contribution in [2.24, 2.45) is 0 Å². The highest BCUT2D eigenvalue weighted by Crippen LogP contribution is 2.19. The van der Waals surface area contributed by atoms with E-state index in [9.17, 15) is 5.11 Å². The van der Waals surface area contributed by atoms with Crippen molar-refractivity contribution in [2.45, 2.75) is 40.3 Å². The fourth-order valence-corrected chi connectivity index (χ4v) is 2.51. The summed E-state index contributed by atoms with van der Waals surface area (Å²) in [4.78, 5) is 4.40. The summed E-state index contributed by atoms with van der Waals surface area (Å²) in [6, 6.07) is 5.99. The van der Waals surface area contributed by atoms with Crippen LogP contribution >= 0.6 is 0 Å². The van der Waals surface area contributed by atoms with E-state index < -0.39 is 6.10 Å². The SMILES string of the molecule is Cc1cc2ncn(C[C@H](O)COc3cc(C)c(C)nn3)c2cc1C. The predicted molar refractivity (Wildman–Crippen MR) is 92.2 cm³/mol. The van der Waals surface area contributed by atoms with E-state index in [1.54, 1.807) is 6.33 Å². The smallest absolute Gasteiger partial charge is 0.233 e. The van der Waals surface area contributed by atoms with Crippen LogP contribution in [0.1, 0.15) is 22.4 Å². The van der Waals surface area contributed by atoms with Gasteiger partial charge < -0.3 is 14.4 Å². The molecule has 0 saturated heterocycles. The minimum Gasteiger partial charge on any atom is -0.474 e. The average Bonchev–Trinajstić information content (AvgIpc) is 2.91. The van der Waals surface area contributed by atoms with E-state index in [0.29, 0.717) is 12.4 Å². The van der Waals surface area contributed by atoms with Gasteiger partial charge in [-0.3, -0.25) is 0 Å². The molecule has 24 heavy (non-hydrogen) atoms. The first kappa shape index (κ1) is 16.4. The lowest BCUT2D eigenvalue weighted by Gasteiger charge is -2.13. The first-order chi connectivity index (χ1) is 11.4. The fraction of sp³-hybridized carbons (Fsp3) is 0.389. The highest BCUT2D eigenvalue weighted by Gasteiger charge is 2.11. The Morgan fingerprint density at radius 2 is 1.79 bits per heavy atom. The second-order valence-electron chi connectivity index (χ2n) is 6.24. The molecule has 126 valence electrons. The molecule has 0 radical (unpaired) electrons. The second-order valence-corrected chi connectivity index (χ2v) is 6.24. The van der Waals surface area contributed by atoms with Crippen LogP contribution in [0.25, 0.3) is 11.0 Å². The molecule has 6 nitrogen and oxygen atoms in total. The van der Waals surface area contributed by atoms with E-state index >= 15 is 0 Å². The molecule has 2 heterocycles. The number of nitrogens with zero attached hydrogens (tertiary/aromatic N) is 4. The number of benzene rings is 1. The molecule has 6 heteroatoms. The lowest BCUT2D eigenvalue weighted by molar-refractivity contribution is 0.0905. The standard InChI is InChI=1S/C18H22N4O2/c1-11-5-16-17(6-12(11)2)22(10-19-16)8-15(23)9-24-18-7-13(3)14(4)20-21-18/h5-7,10,15,23H,8-9H2,1-4H3/t15-/m0/s1. The van der Waals surface area contributed by atoms with Crippen LogP contribution in [0.5, 0.6) is 5.88 Å². The molecular weight excluding hydrogens is 304 g/mol. The van der Waals surface area contributed by atoms with Gasteiger partial charge in [0.15, 0.2) is 0 Å². The third kappa shape index (κ3) is 3.38. The number of imidazole rings is 1. The third-order valence-corrected chi connectivity index (χ3v) is 4.28. The van der Waals surface area contributed by atoms with Gasteiger partial charge >= 0.3 is 0 Å². The lowest BCUT2D eigenvalue weighted by atomic mass is 10.1. The van der Waals surface area contributed by atoms with Gasteiger partial charge in [-0.15, -0.1) is 5.10 Å². The van der Waals surface area contributed by atoms with E-state index in [-0.39, 0.29) is 6.61 Å². The van der Waals surface area contributed by atoms with E-state index in [1.807, 2.05) is 24.5 Å². The number of aryl methyl sites for hydroxylation is 4. The summed E-state index contributed by atoms with van der Waals surface area (Å²) in [5, 5.41) is 18.3. The minimum absolute atomic E-state index is 0.154. The van der Waals surface area contributed by atoms with Crippen molar-refractivity contribution >= 4 is 11.0 Å². The van der Waals surface area contributed by atoms with Gasteiger partial charge in [-0.2, -0.15) is 5.10 Å². The van der Waals surface area contributed by atoms with Crippen LogP contribution in [0, 0.1) is 27.7 Å². The van der Waals surface area contributed by atoms with Gasteiger partial charge in [-0.25, -0.2) is 4.98 Å². The van der Waals surface area contributed by atoms with Crippen molar-refractivity contribution in [2.75, 3.05) is 6.61 Å². The van der Waals surface area contributed by atoms with Crippen LogP contribution in [-0.4, -0.2) is 37.6 Å². The van der Waals surface area contributed by atoms with Crippen LogP contribution < -0.4 is 4.74 Å². The molecule has 0 fully saturated rings. The molecule has 0 saturated carbocycles. The first-order valence-corrected chi connectivity index (χ1v) is 7.98. The van der Waals surface area contributed by atoms with Gasteiger partial charge in [0.2, 0.25) is 5.88 Å². The summed E-state index contributed by atoms with van der Waals surface area (Å²) in [6.45, 7) is 8.56. The number of fused-ring (bicyclic) bond motifs is 1. The van der Waals surface area contributed by atoms with E-state index in [1.165, 1.54) is 11.1 Å². The number of ether oxygens (including phenoxy) is 1. The first-order valence-electron chi connectivity index (χ1n) is 7.98. The zero-order chi connectivity index (χ0) is 17.3. The maximum atomic E-state index is 10.3. The molecule has 0 amide bonds. The topological polar surface area (TPSA) is 73.1 Å². The Hall–Kier alpha value is -2.47. The Morgan fingerprint density at radius 1 is 1.04 bits per heavy atom. The summed E-state index contributed by atoms with van der Waals surface area (Å²) in [5.41, 5.74) is 6.26. The van der Waals surface area contributed by atoms with E-state index in [4.69, 9.17) is 4.74 Å². The quantitative estimate of drug-likeness (QED) is 0.780. The highest BCUT2D eigenvalue weighted by molar-refractivity contribution is 5.77. The fourth-order valence-electron chi connectivity index (χ4n) is 2.51. The zero-order valence-corrected chi connectivity index (χ0v) is 14.4. The molecule has 1 atom stereocenters. The molecule has 3 aromatic rings. The summed E-state index contributed by atoms with van der Waals surface area (Å²) in [6.07, 6.45) is 1.09. The van der Waals surface area contributed by atoms with Crippen LogP contribution in [-0.2, 0) is 6.54 Å². The van der Waals surface area contributed by atoms with Gasteiger partial charge in [0.25, 0.3) is 0 Å². The molecule has 0 bridgehead atoms. The molecule has 2 aromatic heterocycles. The average molecular weight is 326 g/mol. The van der Waals surface area contributed by atoms with Gasteiger partial charge in [0.1, 0.15) is 12.7 Å². The summed E-state index contributed by atoms with van der Waals surface area (Å²) < 4.78 is 7.50. The third-order valence-electron chi connectivity index (χ3n) is 4.28. The molecule has 1 N–H and O–H groups in total. The molecule has 0 aliphatic heterocycles. The van der Waals surface area contributed by atoms with Crippen LogP contribution in [0.3, 0.4) is 0 Å². The molecule has 0 spiro atoms. The summed E-state index contributed by atoms with van der Waals surface area (Å²) in [7, 11) is 0. The number of hydrogen-bond acceptors (Lipinski definition) is 5. The normalized spacial score (nSPS) is 12.5. The Bertz CT molecular complexity index is 873. The molecule has 1 aromatic carbocycles. The number of hydrogen-bond donors (Lipinski definition) is 1. The Kier molecular flexibility index (Phi) is 4.49. The molecule has 0 aliphatic carbocycles. The molecule has 0 aliphatic rings. The van der Waals surface area contributed by atoms with Gasteiger partial charge in [-0.1, -0.05) is 0 Å². The largest absolute Gasteiger partial charge is 0.474 e. The number of aromatic nitrogens is 4. The van der Waals surface area contributed by atoms with Crippen LogP contribution in [0.2, 0.25) is 0 Å². The minimum atomic E-state index is -0.660. The van der Waals surface area contributed by atoms with Crippen molar-refractivity contribution in [3.05, 3.63) is 46.9 Å². The van der Waals surface area contributed by atoms with E-state index in [2.05, 4.69) is 41.2 Å². The number of aliphatic hydroxyl groups excluding tert-OH is 1. The monoisotopic (exact) mass is 326 g/mol. The van der Waals surface area contributed by atoms with Crippen molar-refractivity contribution in [3.8, 4) is 5.88 Å².